The van der Waals surface area contributed by atoms with Crippen LogP contribution in [-0.4, -0.2) is 12.5 Å². The number of carbonyl (C=O) groups excluding carboxylic acids is 1. The van der Waals surface area contributed by atoms with Crippen molar-refractivity contribution in [2.24, 2.45) is 0 Å². The van der Waals surface area contributed by atoms with Crippen molar-refractivity contribution in [3.8, 4) is 5.75 Å². The molecule has 0 saturated heterocycles. The third kappa shape index (κ3) is 4.05. The zero-order valence-electron chi connectivity index (χ0n) is 10.7. The predicted molar refractivity (Wildman–Crippen MR) is 80.5 cm³/mol. The fraction of sp³-hybridized carbons (Fsp3) is 0.214. The number of thiophene rings is 1. The maximum atomic E-state index is 13.5. The number of benzene rings is 1. The van der Waals surface area contributed by atoms with Gasteiger partial charge in [-0.25, -0.2) is 4.39 Å². The first-order valence-electron chi connectivity index (χ1n) is 5.97. The van der Waals surface area contributed by atoms with Gasteiger partial charge in [0.15, 0.2) is 18.2 Å². The van der Waals surface area contributed by atoms with Crippen molar-refractivity contribution >= 4 is 33.2 Å². The van der Waals surface area contributed by atoms with Crippen LogP contribution in [0.15, 0.2) is 40.2 Å². The first-order valence-corrected chi connectivity index (χ1v) is 7.64. The molecule has 1 N–H and O–H groups in total. The normalized spacial score (nSPS) is 11.9. The molecule has 3 nitrogen and oxygen atoms in total. The third-order valence-corrected chi connectivity index (χ3v) is 4.15. The molecule has 1 atom stereocenters. The minimum atomic E-state index is -0.501. The number of halogens is 2. The molecule has 0 spiro atoms. The van der Waals surface area contributed by atoms with Crippen LogP contribution in [0.2, 0.25) is 0 Å². The number of hydrogen-bond acceptors (Lipinski definition) is 3. The molecule has 106 valence electrons. The quantitative estimate of drug-likeness (QED) is 0.880. The van der Waals surface area contributed by atoms with E-state index >= 15 is 0 Å². The fourth-order valence-electron chi connectivity index (χ4n) is 1.63. The SMILES string of the molecule is CC(NC(=O)COc1ccc(Br)cc1F)c1cccs1. The van der Waals surface area contributed by atoms with Crippen LogP contribution in [0.4, 0.5) is 4.39 Å². The van der Waals surface area contributed by atoms with Crippen LogP contribution in [0.5, 0.6) is 5.75 Å². The Morgan fingerprint density at radius 1 is 1.50 bits per heavy atom. The van der Waals surface area contributed by atoms with Crippen molar-refractivity contribution < 1.29 is 13.9 Å². The molecule has 6 heteroatoms. The Labute approximate surface area is 128 Å². The van der Waals surface area contributed by atoms with Crippen LogP contribution in [0.25, 0.3) is 0 Å². The molecule has 0 radical (unpaired) electrons. The van der Waals surface area contributed by atoms with Crippen molar-refractivity contribution in [3.63, 3.8) is 0 Å². The minimum Gasteiger partial charge on any atom is -0.481 e. The lowest BCUT2D eigenvalue weighted by Gasteiger charge is -2.13. The average molecular weight is 358 g/mol. The minimum absolute atomic E-state index is 0.0622. The number of ether oxygens (including phenoxy) is 1. The van der Waals surface area contributed by atoms with Gasteiger partial charge >= 0.3 is 0 Å². The highest BCUT2D eigenvalue weighted by Gasteiger charge is 2.12. The highest BCUT2D eigenvalue weighted by atomic mass is 79.9. The average Bonchev–Trinajstić information content (AvgIpc) is 2.91. The maximum absolute atomic E-state index is 13.5. The zero-order valence-corrected chi connectivity index (χ0v) is 13.1. The van der Waals surface area contributed by atoms with Gasteiger partial charge in [-0.2, -0.15) is 0 Å². The van der Waals surface area contributed by atoms with Crippen LogP contribution in [0.3, 0.4) is 0 Å². The summed E-state index contributed by atoms with van der Waals surface area (Å²) in [5, 5.41) is 4.75. The van der Waals surface area contributed by atoms with Gasteiger partial charge in [0.05, 0.1) is 6.04 Å². The van der Waals surface area contributed by atoms with E-state index in [9.17, 15) is 9.18 Å². The van der Waals surface area contributed by atoms with Crippen molar-refractivity contribution in [3.05, 3.63) is 50.9 Å². The maximum Gasteiger partial charge on any atom is 0.258 e. The van der Waals surface area contributed by atoms with Gasteiger partial charge in [0.1, 0.15) is 0 Å². The summed E-state index contributed by atoms with van der Waals surface area (Å²) in [6.07, 6.45) is 0. The summed E-state index contributed by atoms with van der Waals surface area (Å²) in [6.45, 7) is 1.68. The second-order valence-electron chi connectivity index (χ2n) is 4.17. The number of carbonyl (C=O) groups is 1. The molecule has 0 aliphatic carbocycles. The molecule has 0 saturated carbocycles. The Bertz CT molecular complexity index is 589. The first kappa shape index (κ1) is 15.0. The highest BCUT2D eigenvalue weighted by molar-refractivity contribution is 9.10. The predicted octanol–water partition coefficient (Wildman–Crippen LogP) is 3.91. The Balaban J connectivity index is 1.86. The van der Waals surface area contributed by atoms with Crippen LogP contribution in [-0.2, 0) is 4.79 Å². The van der Waals surface area contributed by atoms with E-state index in [-0.39, 0.29) is 24.3 Å². The van der Waals surface area contributed by atoms with E-state index in [4.69, 9.17) is 4.74 Å². The topological polar surface area (TPSA) is 38.3 Å². The largest absolute Gasteiger partial charge is 0.481 e. The van der Waals surface area contributed by atoms with Crippen molar-refractivity contribution in [1.29, 1.82) is 0 Å². The molecule has 1 amide bonds. The summed E-state index contributed by atoms with van der Waals surface area (Å²) in [7, 11) is 0. The summed E-state index contributed by atoms with van der Waals surface area (Å²) in [5.74, 6) is -0.723. The molecule has 0 bridgehead atoms. The molecular formula is C14H13BrFNO2S. The number of hydrogen-bond donors (Lipinski definition) is 1. The zero-order chi connectivity index (χ0) is 14.5. The Hall–Kier alpha value is -1.40. The summed E-state index contributed by atoms with van der Waals surface area (Å²) in [4.78, 5) is 12.8. The van der Waals surface area contributed by atoms with E-state index < -0.39 is 5.82 Å². The van der Waals surface area contributed by atoms with Crippen molar-refractivity contribution in [2.45, 2.75) is 13.0 Å². The van der Waals surface area contributed by atoms with Crippen LogP contribution < -0.4 is 10.1 Å². The number of rotatable bonds is 5. The molecule has 20 heavy (non-hydrogen) atoms. The Morgan fingerprint density at radius 3 is 2.95 bits per heavy atom. The van der Waals surface area contributed by atoms with Gasteiger partial charge in [0.25, 0.3) is 5.91 Å². The fourth-order valence-corrected chi connectivity index (χ4v) is 2.70. The molecular weight excluding hydrogens is 345 g/mol. The van der Waals surface area contributed by atoms with Crippen LogP contribution in [0, 0.1) is 5.82 Å². The molecule has 1 aromatic carbocycles. The van der Waals surface area contributed by atoms with E-state index in [0.29, 0.717) is 4.47 Å². The van der Waals surface area contributed by atoms with Crippen molar-refractivity contribution in [2.75, 3.05) is 6.61 Å². The molecule has 2 aromatic rings. The number of amides is 1. The molecule has 1 aromatic heterocycles. The first-order chi connectivity index (χ1) is 9.56. The Morgan fingerprint density at radius 2 is 2.30 bits per heavy atom. The second kappa shape index (κ2) is 6.85. The molecule has 1 heterocycles. The van der Waals surface area contributed by atoms with Gasteiger partial charge in [-0.05, 0) is 36.6 Å². The van der Waals surface area contributed by atoms with E-state index in [1.807, 2.05) is 24.4 Å². The van der Waals surface area contributed by atoms with Crippen LogP contribution >= 0.6 is 27.3 Å². The lowest BCUT2D eigenvalue weighted by Crippen LogP contribution is -2.31. The summed E-state index contributed by atoms with van der Waals surface area (Å²) < 4.78 is 19.3. The van der Waals surface area contributed by atoms with Gasteiger partial charge < -0.3 is 10.1 Å². The lowest BCUT2D eigenvalue weighted by molar-refractivity contribution is -0.123. The lowest BCUT2D eigenvalue weighted by atomic mass is 10.3. The van der Waals surface area contributed by atoms with Crippen molar-refractivity contribution in [1.82, 2.24) is 5.32 Å². The molecule has 1 unspecified atom stereocenters. The highest BCUT2D eigenvalue weighted by Crippen LogP contribution is 2.21. The molecule has 2 rings (SSSR count). The molecule has 0 fully saturated rings. The van der Waals surface area contributed by atoms with Gasteiger partial charge in [0, 0.05) is 9.35 Å². The number of nitrogens with one attached hydrogen (secondary N) is 1. The van der Waals surface area contributed by atoms with Crippen LogP contribution in [0.1, 0.15) is 17.8 Å². The van der Waals surface area contributed by atoms with E-state index in [1.54, 1.807) is 17.4 Å². The third-order valence-electron chi connectivity index (χ3n) is 2.60. The standard InChI is InChI=1S/C14H13BrFNO2S/c1-9(13-3-2-6-20-13)17-14(18)8-19-12-5-4-10(15)7-11(12)16/h2-7,9H,8H2,1H3,(H,17,18). The van der Waals surface area contributed by atoms with E-state index in [0.717, 1.165) is 4.88 Å². The second-order valence-corrected chi connectivity index (χ2v) is 6.06. The van der Waals surface area contributed by atoms with E-state index in [2.05, 4.69) is 21.2 Å². The van der Waals surface area contributed by atoms with Gasteiger partial charge in [-0.15, -0.1) is 11.3 Å². The van der Waals surface area contributed by atoms with E-state index in [1.165, 1.54) is 12.1 Å². The summed E-state index contributed by atoms with van der Waals surface area (Å²) in [6, 6.07) is 8.23. The summed E-state index contributed by atoms with van der Waals surface area (Å²) >= 11 is 4.73. The molecule has 0 aliphatic rings. The van der Waals surface area contributed by atoms with Gasteiger partial charge in [-0.1, -0.05) is 22.0 Å². The Kier molecular flexibility index (Phi) is 5.14. The van der Waals surface area contributed by atoms with Gasteiger partial charge in [-0.3, -0.25) is 4.79 Å². The smallest absolute Gasteiger partial charge is 0.258 e. The summed E-state index contributed by atoms with van der Waals surface area (Å²) in [5.41, 5.74) is 0. The van der Waals surface area contributed by atoms with Gasteiger partial charge in [0.2, 0.25) is 0 Å². The monoisotopic (exact) mass is 357 g/mol. The molecule has 0 aliphatic heterocycles.